The maximum absolute atomic E-state index is 13.3. The summed E-state index contributed by atoms with van der Waals surface area (Å²) < 4.78 is 13.3. The van der Waals surface area contributed by atoms with Crippen LogP contribution in [0.4, 0.5) is 4.39 Å². The third-order valence-electron chi connectivity index (χ3n) is 2.00. The lowest BCUT2D eigenvalue weighted by Crippen LogP contribution is -2.23. The molecule has 10 heteroatoms. The molecule has 19 heavy (non-hydrogen) atoms. The number of halogens is 1. The van der Waals surface area contributed by atoms with Crippen molar-refractivity contribution < 1.29 is 44.0 Å². The van der Waals surface area contributed by atoms with E-state index in [0.717, 1.165) is 0 Å². The number of aromatic nitrogens is 1. The van der Waals surface area contributed by atoms with Crippen LogP contribution in [0, 0.1) is 5.95 Å². The van der Waals surface area contributed by atoms with E-state index in [-0.39, 0.29) is 0 Å². The van der Waals surface area contributed by atoms with Gasteiger partial charge in [-0.1, -0.05) is 0 Å². The Morgan fingerprint density at radius 2 is 1.16 bits per heavy atom. The summed E-state index contributed by atoms with van der Waals surface area (Å²) in [6.45, 7) is 0. The van der Waals surface area contributed by atoms with Crippen LogP contribution in [0.25, 0.3) is 0 Å². The smallest absolute Gasteiger partial charge is 0.355 e. The molecule has 0 aromatic carbocycles. The number of aromatic carboxylic acids is 4. The van der Waals surface area contributed by atoms with Crippen LogP contribution in [-0.4, -0.2) is 49.3 Å². The van der Waals surface area contributed by atoms with Crippen LogP contribution in [0.15, 0.2) is 0 Å². The number of carboxylic acids is 4. The molecular weight excluding hydrogens is 269 g/mol. The summed E-state index contributed by atoms with van der Waals surface area (Å²) in [4.78, 5) is 45.8. The van der Waals surface area contributed by atoms with Crippen molar-refractivity contribution in [2.75, 3.05) is 0 Å². The fourth-order valence-corrected chi connectivity index (χ4v) is 1.33. The predicted octanol–water partition coefficient (Wildman–Crippen LogP) is 0.0135. The van der Waals surface area contributed by atoms with Crippen LogP contribution in [0.1, 0.15) is 41.6 Å². The summed E-state index contributed by atoms with van der Waals surface area (Å²) >= 11 is 0. The first-order valence-electron chi connectivity index (χ1n) is 4.35. The first-order valence-corrected chi connectivity index (χ1v) is 4.35. The molecule has 0 aliphatic rings. The summed E-state index contributed by atoms with van der Waals surface area (Å²) in [5, 5.41) is 34.8. The Hall–Kier alpha value is -3.04. The molecule has 0 spiro atoms. The van der Waals surface area contributed by atoms with E-state index < -0.39 is 52.2 Å². The molecule has 9 nitrogen and oxygen atoms in total. The molecule has 0 saturated heterocycles. The number of carboxylic acid groups (broad SMARTS) is 4. The normalized spacial score (nSPS) is 9.95. The van der Waals surface area contributed by atoms with Gasteiger partial charge >= 0.3 is 23.9 Å². The highest BCUT2D eigenvalue weighted by molar-refractivity contribution is 6.12. The van der Waals surface area contributed by atoms with E-state index in [0.29, 0.717) is 0 Å². The first kappa shape index (κ1) is 14.0. The molecule has 0 aliphatic carbocycles. The highest BCUT2D eigenvalue weighted by atomic mass is 19.1. The summed E-state index contributed by atoms with van der Waals surface area (Å²) in [6, 6.07) is 0. The van der Waals surface area contributed by atoms with E-state index in [9.17, 15) is 23.6 Å². The van der Waals surface area contributed by atoms with E-state index in [2.05, 4.69) is 4.98 Å². The quantitative estimate of drug-likeness (QED) is 0.553. The molecule has 0 aliphatic heterocycles. The standard InChI is InChI=1S/C9H4FNO8/c10-5-3(8(16)17)1(6(12)13)2(7(14)15)4(11-5)9(18)19/h(H,12,13)(H,14,15)(H,16,17)(H,18,19). The van der Waals surface area contributed by atoms with Crippen molar-refractivity contribution >= 4 is 23.9 Å². The van der Waals surface area contributed by atoms with Gasteiger partial charge in [-0.15, -0.1) is 0 Å². The second-order valence-corrected chi connectivity index (χ2v) is 3.10. The first-order chi connectivity index (χ1) is 8.68. The molecule has 0 fully saturated rings. The van der Waals surface area contributed by atoms with Crippen LogP contribution < -0.4 is 0 Å². The van der Waals surface area contributed by atoms with Gasteiger partial charge in [0.15, 0.2) is 5.69 Å². The topological polar surface area (TPSA) is 162 Å². The molecule has 0 saturated carbocycles. The van der Waals surface area contributed by atoms with Gasteiger partial charge in [0, 0.05) is 0 Å². The highest BCUT2D eigenvalue weighted by Gasteiger charge is 2.34. The molecule has 4 N–H and O–H groups in total. The number of carbonyl (C=O) groups is 4. The second kappa shape index (κ2) is 4.68. The Morgan fingerprint density at radius 1 is 0.737 bits per heavy atom. The van der Waals surface area contributed by atoms with Crippen molar-refractivity contribution in [1.82, 2.24) is 4.98 Å². The van der Waals surface area contributed by atoms with Gasteiger partial charge in [-0.3, -0.25) is 0 Å². The minimum absolute atomic E-state index is 1.40. The third-order valence-corrected chi connectivity index (χ3v) is 2.00. The van der Waals surface area contributed by atoms with Gasteiger partial charge in [0.25, 0.3) is 0 Å². The monoisotopic (exact) mass is 273 g/mol. The third kappa shape index (κ3) is 2.31. The Labute approximate surface area is 102 Å². The zero-order valence-electron chi connectivity index (χ0n) is 8.75. The average molecular weight is 273 g/mol. The van der Waals surface area contributed by atoms with Gasteiger partial charge in [0.05, 0.1) is 5.56 Å². The number of hydrogen-bond acceptors (Lipinski definition) is 5. The number of rotatable bonds is 4. The molecule has 1 aromatic heterocycles. The Morgan fingerprint density at radius 3 is 1.47 bits per heavy atom. The summed E-state index contributed by atoms with van der Waals surface area (Å²) in [7, 11) is 0. The van der Waals surface area contributed by atoms with Gasteiger partial charge in [-0.05, 0) is 0 Å². The van der Waals surface area contributed by atoms with Crippen LogP contribution in [-0.2, 0) is 0 Å². The fraction of sp³-hybridized carbons (Fsp3) is 0. The van der Waals surface area contributed by atoms with Crippen LogP contribution in [0.3, 0.4) is 0 Å². The van der Waals surface area contributed by atoms with E-state index in [1.54, 1.807) is 0 Å². The molecule has 0 unspecified atom stereocenters. The molecule has 1 aromatic rings. The Kier molecular flexibility index (Phi) is 3.45. The van der Waals surface area contributed by atoms with E-state index in [1.165, 1.54) is 0 Å². The summed E-state index contributed by atoms with van der Waals surface area (Å²) in [6.07, 6.45) is 0. The van der Waals surface area contributed by atoms with Gasteiger partial charge in [0.1, 0.15) is 11.1 Å². The molecule has 1 rings (SSSR count). The summed E-state index contributed by atoms with van der Waals surface area (Å²) in [5.41, 5.74) is -5.80. The van der Waals surface area contributed by atoms with E-state index in [4.69, 9.17) is 20.4 Å². The lowest BCUT2D eigenvalue weighted by molar-refractivity contribution is 0.0611. The maximum atomic E-state index is 13.3. The van der Waals surface area contributed by atoms with Gasteiger partial charge in [-0.25, -0.2) is 24.2 Å². The van der Waals surface area contributed by atoms with Crippen molar-refractivity contribution in [3.63, 3.8) is 0 Å². The maximum Gasteiger partial charge on any atom is 0.355 e. The molecular formula is C9H4FNO8. The fourth-order valence-electron chi connectivity index (χ4n) is 1.33. The van der Waals surface area contributed by atoms with Crippen molar-refractivity contribution in [2.45, 2.75) is 0 Å². The molecule has 0 radical (unpaired) electrons. The molecule has 0 atom stereocenters. The van der Waals surface area contributed by atoms with Crippen molar-refractivity contribution in [3.05, 3.63) is 28.3 Å². The second-order valence-electron chi connectivity index (χ2n) is 3.10. The molecule has 0 amide bonds. The van der Waals surface area contributed by atoms with Crippen LogP contribution in [0.5, 0.6) is 0 Å². The zero-order valence-corrected chi connectivity index (χ0v) is 8.75. The highest BCUT2D eigenvalue weighted by Crippen LogP contribution is 2.21. The van der Waals surface area contributed by atoms with Crippen molar-refractivity contribution in [2.24, 2.45) is 0 Å². The number of nitrogens with zero attached hydrogens (tertiary/aromatic N) is 1. The van der Waals surface area contributed by atoms with Gasteiger partial charge in [0.2, 0.25) is 5.95 Å². The average Bonchev–Trinajstić information content (AvgIpc) is 2.25. The molecule has 100 valence electrons. The lowest BCUT2D eigenvalue weighted by atomic mass is 10.0. The SMILES string of the molecule is O=C(O)c1nc(F)c(C(=O)O)c(C(=O)O)c1C(=O)O. The van der Waals surface area contributed by atoms with E-state index >= 15 is 0 Å². The van der Waals surface area contributed by atoms with Gasteiger partial charge < -0.3 is 20.4 Å². The molecule has 1 heterocycles. The Bertz CT molecular complexity index is 623. The molecule has 0 bridgehead atoms. The van der Waals surface area contributed by atoms with Crippen LogP contribution in [0.2, 0.25) is 0 Å². The minimum atomic E-state index is -2.10. The van der Waals surface area contributed by atoms with Crippen LogP contribution >= 0.6 is 0 Å². The van der Waals surface area contributed by atoms with Crippen molar-refractivity contribution in [1.29, 1.82) is 0 Å². The predicted molar refractivity (Wildman–Crippen MR) is 52.0 cm³/mol. The van der Waals surface area contributed by atoms with E-state index in [1.807, 2.05) is 0 Å². The number of hydrogen-bond donors (Lipinski definition) is 4. The Balaban J connectivity index is 3.98. The number of pyridine rings is 1. The lowest BCUT2D eigenvalue weighted by Gasteiger charge is -2.08. The van der Waals surface area contributed by atoms with Crippen molar-refractivity contribution in [3.8, 4) is 0 Å². The zero-order chi connectivity index (χ0) is 14.9. The van der Waals surface area contributed by atoms with Gasteiger partial charge in [-0.2, -0.15) is 4.39 Å². The summed E-state index contributed by atoms with van der Waals surface area (Å²) in [5.74, 6) is -10.1. The largest absolute Gasteiger partial charge is 0.478 e. The minimum Gasteiger partial charge on any atom is -0.478 e.